The average Bonchev–Trinajstić information content (AvgIpc) is 3.26. The lowest BCUT2D eigenvalue weighted by molar-refractivity contribution is -0.130. The van der Waals surface area contributed by atoms with Crippen LogP contribution in [0.3, 0.4) is 0 Å². The summed E-state index contributed by atoms with van der Waals surface area (Å²) in [4.78, 5) is 14.1. The van der Waals surface area contributed by atoms with Crippen LogP contribution >= 0.6 is 11.6 Å². The Balaban J connectivity index is 1.50. The van der Waals surface area contributed by atoms with Crippen molar-refractivity contribution in [3.8, 4) is 0 Å². The van der Waals surface area contributed by atoms with Crippen LogP contribution in [-0.4, -0.2) is 53.9 Å². The van der Waals surface area contributed by atoms with Crippen molar-refractivity contribution in [1.29, 1.82) is 0 Å². The number of amides is 1. The van der Waals surface area contributed by atoms with Crippen LogP contribution in [0.25, 0.3) is 0 Å². The predicted octanol–water partition coefficient (Wildman–Crippen LogP) is 1.07. The van der Waals surface area contributed by atoms with Gasteiger partial charge in [0.15, 0.2) is 0 Å². The minimum Gasteiger partial charge on any atom is -0.340 e. The van der Waals surface area contributed by atoms with E-state index in [2.05, 4.69) is 15.0 Å². The molecule has 3 rings (SSSR count). The van der Waals surface area contributed by atoms with Crippen LogP contribution in [-0.2, 0) is 14.8 Å². The van der Waals surface area contributed by atoms with Crippen LogP contribution in [0.15, 0.2) is 41.6 Å². The molecule has 10 heteroatoms. The number of nitrogens with one attached hydrogen (secondary N) is 1. The monoisotopic (exact) mass is 383 g/mol. The fraction of sp³-hybridized carbons (Fsp3) is 0.400. The summed E-state index contributed by atoms with van der Waals surface area (Å²) in [6.07, 6.45) is 4.29. The second-order valence-electron chi connectivity index (χ2n) is 5.77. The number of carbonyl (C=O) groups excluding carboxylic acids is 1. The van der Waals surface area contributed by atoms with Gasteiger partial charge in [-0.15, -0.1) is 5.10 Å². The molecule has 1 aliphatic rings. The summed E-state index contributed by atoms with van der Waals surface area (Å²) in [6.45, 7) is 1.23. The van der Waals surface area contributed by atoms with Crippen LogP contribution in [0.2, 0.25) is 5.02 Å². The summed E-state index contributed by atoms with van der Waals surface area (Å²) >= 11 is 5.81. The zero-order valence-electron chi connectivity index (χ0n) is 13.4. The minimum absolute atomic E-state index is 0.0399. The Morgan fingerprint density at radius 2 is 2.24 bits per heavy atom. The zero-order chi connectivity index (χ0) is 17.9. The lowest BCUT2D eigenvalue weighted by atomic mass is 10.3. The topological polar surface area (TPSA) is 97.2 Å². The van der Waals surface area contributed by atoms with Crippen molar-refractivity contribution in [1.82, 2.24) is 24.6 Å². The molecular formula is C15H18ClN5O3S. The van der Waals surface area contributed by atoms with Crippen LogP contribution < -0.4 is 4.72 Å². The van der Waals surface area contributed by atoms with E-state index in [4.69, 9.17) is 11.6 Å². The van der Waals surface area contributed by atoms with Crippen molar-refractivity contribution < 1.29 is 13.2 Å². The van der Waals surface area contributed by atoms with Gasteiger partial charge in [-0.25, -0.2) is 17.8 Å². The van der Waals surface area contributed by atoms with Crippen molar-refractivity contribution in [2.24, 2.45) is 0 Å². The molecule has 1 aliphatic heterocycles. The fourth-order valence-electron chi connectivity index (χ4n) is 2.76. The maximum absolute atomic E-state index is 12.3. The molecule has 1 fully saturated rings. The molecular weight excluding hydrogens is 366 g/mol. The first-order valence-corrected chi connectivity index (χ1v) is 9.70. The standard InChI is InChI=1S/C15H18ClN5O3S/c16-12-2-1-3-14(10-12)25(23,24)18-6-4-15(22)20-8-5-13(11-20)21-9-7-17-19-21/h1-3,7,9-10,13,18H,4-6,8,11H2. The molecule has 1 aromatic carbocycles. The third-order valence-corrected chi connectivity index (χ3v) is 5.76. The minimum atomic E-state index is -3.68. The first-order valence-electron chi connectivity index (χ1n) is 7.84. The number of carbonyl (C=O) groups is 1. The van der Waals surface area contributed by atoms with Gasteiger partial charge in [0.25, 0.3) is 0 Å². The highest BCUT2D eigenvalue weighted by Crippen LogP contribution is 2.21. The molecule has 8 nitrogen and oxygen atoms in total. The Labute approximate surface area is 150 Å². The van der Waals surface area contributed by atoms with Crippen LogP contribution in [0, 0.1) is 0 Å². The summed E-state index contributed by atoms with van der Waals surface area (Å²) in [7, 11) is -3.68. The number of benzene rings is 1. The number of sulfonamides is 1. The molecule has 1 N–H and O–H groups in total. The quantitative estimate of drug-likeness (QED) is 0.804. The normalized spacial score (nSPS) is 17.8. The Morgan fingerprint density at radius 1 is 1.40 bits per heavy atom. The summed E-state index contributed by atoms with van der Waals surface area (Å²) in [5.41, 5.74) is 0. The first kappa shape index (κ1) is 17.8. The van der Waals surface area contributed by atoms with Crippen LogP contribution in [0.5, 0.6) is 0 Å². The van der Waals surface area contributed by atoms with Gasteiger partial charge in [-0.3, -0.25) is 4.79 Å². The van der Waals surface area contributed by atoms with Gasteiger partial charge < -0.3 is 4.90 Å². The molecule has 1 amide bonds. The SMILES string of the molecule is O=C(CCNS(=O)(=O)c1cccc(Cl)c1)N1CCC(n2ccnn2)C1. The highest BCUT2D eigenvalue weighted by atomic mass is 35.5. The maximum Gasteiger partial charge on any atom is 0.240 e. The van der Waals surface area contributed by atoms with E-state index in [0.717, 1.165) is 6.42 Å². The molecule has 0 saturated carbocycles. The Morgan fingerprint density at radius 3 is 2.96 bits per heavy atom. The average molecular weight is 384 g/mol. The number of likely N-dealkylation sites (tertiary alicyclic amines) is 1. The van der Waals surface area contributed by atoms with Gasteiger partial charge in [0, 0.05) is 37.3 Å². The first-order chi connectivity index (χ1) is 12.0. The van der Waals surface area contributed by atoms with Gasteiger partial charge in [-0.05, 0) is 24.6 Å². The fourth-order valence-corrected chi connectivity index (χ4v) is 4.10. The second-order valence-corrected chi connectivity index (χ2v) is 7.97. The Kier molecular flexibility index (Phi) is 5.36. The maximum atomic E-state index is 12.3. The predicted molar refractivity (Wildman–Crippen MR) is 91.5 cm³/mol. The number of hydrogen-bond donors (Lipinski definition) is 1. The van der Waals surface area contributed by atoms with Crippen molar-refractivity contribution in [2.45, 2.75) is 23.8 Å². The largest absolute Gasteiger partial charge is 0.340 e. The van der Waals surface area contributed by atoms with Gasteiger partial charge in [-0.2, -0.15) is 0 Å². The third kappa shape index (κ3) is 4.36. The summed E-state index contributed by atoms with van der Waals surface area (Å²) in [5.74, 6) is -0.0867. The van der Waals surface area contributed by atoms with E-state index in [1.165, 1.54) is 12.1 Å². The molecule has 0 radical (unpaired) electrons. The van der Waals surface area contributed by atoms with E-state index in [1.54, 1.807) is 34.1 Å². The second kappa shape index (κ2) is 7.51. The third-order valence-electron chi connectivity index (χ3n) is 4.07. The number of rotatable bonds is 6. The van der Waals surface area contributed by atoms with E-state index in [-0.39, 0.29) is 29.8 Å². The molecule has 1 saturated heterocycles. The summed E-state index contributed by atoms with van der Waals surface area (Å²) in [6, 6.07) is 6.11. The highest BCUT2D eigenvalue weighted by Gasteiger charge is 2.27. The highest BCUT2D eigenvalue weighted by molar-refractivity contribution is 7.89. The van der Waals surface area contributed by atoms with Gasteiger partial charge in [0.2, 0.25) is 15.9 Å². The number of halogens is 1. The van der Waals surface area contributed by atoms with Gasteiger partial charge in [-0.1, -0.05) is 22.9 Å². The molecule has 0 spiro atoms. The van der Waals surface area contributed by atoms with E-state index in [9.17, 15) is 13.2 Å². The van der Waals surface area contributed by atoms with E-state index < -0.39 is 10.0 Å². The van der Waals surface area contributed by atoms with Gasteiger partial charge >= 0.3 is 0 Å². The molecule has 134 valence electrons. The smallest absolute Gasteiger partial charge is 0.240 e. The van der Waals surface area contributed by atoms with Crippen molar-refractivity contribution in [3.05, 3.63) is 41.7 Å². The van der Waals surface area contributed by atoms with Crippen molar-refractivity contribution in [3.63, 3.8) is 0 Å². The van der Waals surface area contributed by atoms with Crippen LogP contribution in [0.1, 0.15) is 18.9 Å². The van der Waals surface area contributed by atoms with Gasteiger partial charge in [0.05, 0.1) is 17.1 Å². The Bertz CT molecular complexity index is 841. The molecule has 1 unspecified atom stereocenters. The number of aromatic nitrogens is 3. The zero-order valence-corrected chi connectivity index (χ0v) is 14.9. The molecule has 2 aromatic rings. The van der Waals surface area contributed by atoms with E-state index >= 15 is 0 Å². The van der Waals surface area contributed by atoms with Gasteiger partial charge in [0.1, 0.15) is 0 Å². The number of hydrogen-bond acceptors (Lipinski definition) is 5. The molecule has 0 aliphatic carbocycles. The molecule has 0 bridgehead atoms. The molecule has 1 atom stereocenters. The lowest BCUT2D eigenvalue weighted by Crippen LogP contribution is -2.33. The summed E-state index contributed by atoms with van der Waals surface area (Å²) < 4.78 is 28.5. The van der Waals surface area contributed by atoms with Crippen molar-refractivity contribution in [2.75, 3.05) is 19.6 Å². The number of nitrogens with zero attached hydrogens (tertiary/aromatic N) is 4. The molecule has 1 aromatic heterocycles. The van der Waals surface area contributed by atoms with Crippen LogP contribution in [0.4, 0.5) is 0 Å². The molecule has 25 heavy (non-hydrogen) atoms. The van der Waals surface area contributed by atoms with Crippen molar-refractivity contribution >= 4 is 27.5 Å². The van der Waals surface area contributed by atoms with E-state index in [0.29, 0.717) is 18.1 Å². The molecule has 2 heterocycles. The Hall–Kier alpha value is -1.97. The van der Waals surface area contributed by atoms with E-state index in [1.807, 2.05) is 0 Å². The summed E-state index contributed by atoms with van der Waals surface area (Å²) in [5, 5.41) is 8.07. The lowest BCUT2D eigenvalue weighted by Gasteiger charge is -2.16.